The summed E-state index contributed by atoms with van der Waals surface area (Å²) in [5.41, 5.74) is 5.06. The van der Waals surface area contributed by atoms with E-state index < -0.39 is 0 Å². The van der Waals surface area contributed by atoms with E-state index in [1.165, 1.54) is 23.2 Å². The van der Waals surface area contributed by atoms with Gasteiger partial charge in [-0.1, -0.05) is 19.4 Å². The highest BCUT2D eigenvalue weighted by Crippen LogP contribution is 2.26. The van der Waals surface area contributed by atoms with E-state index in [1.807, 2.05) is 6.20 Å². The number of anilines is 1. The number of aromatic nitrogens is 1. The Morgan fingerprint density at radius 2 is 2.36 bits per heavy atom. The summed E-state index contributed by atoms with van der Waals surface area (Å²) in [7, 11) is 0. The van der Waals surface area contributed by atoms with E-state index in [0.717, 1.165) is 18.7 Å². The third-order valence-electron chi connectivity index (χ3n) is 2.60. The maximum atomic E-state index is 4.41. The predicted octanol–water partition coefficient (Wildman–Crippen LogP) is 2.78. The highest BCUT2D eigenvalue weighted by Gasteiger charge is 2.11. The number of nitrogens with one attached hydrogen (secondary N) is 1. The number of hydrogen-bond acceptors (Lipinski definition) is 2. The minimum absolute atomic E-state index is 0.925. The molecule has 0 unspecified atom stereocenters. The molecule has 1 aliphatic rings. The molecule has 0 bridgehead atoms. The quantitative estimate of drug-likeness (QED) is 0.772. The normalized spacial score (nSPS) is 13.6. The number of aryl methyl sites for hydroxylation is 1. The third-order valence-corrected chi connectivity index (χ3v) is 2.60. The highest BCUT2D eigenvalue weighted by atomic mass is 14.9. The lowest BCUT2D eigenvalue weighted by Crippen LogP contribution is -2.10. The Hall–Kier alpha value is -1.31. The summed E-state index contributed by atoms with van der Waals surface area (Å²) in [4.78, 5) is 4.41. The van der Waals surface area contributed by atoms with Gasteiger partial charge < -0.3 is 5.32 Å². The standard InChI is InChI=1S/C12H16N2/c1-3-5-10-9(2)8-14-11-6-4-7-13-12(10)11/h4,6,8,13H,3,5,7H2,1-2H3. The van der Waals surface area contributed by atoms with Crippen molar-refractivity contribution in [1.29, 1.82) is 0 Å². The largest absolute Gasteiger partial charge is 0.380 e. The van der Waals surface area contributed by atoms with Crippen LogP contribution in [0.5, 0.6) is 0 Å². The monoisotopic (exact) mass is 188 g/mol. The van der Waals surface area contributed by atoms with Gasteiger partial charge in [-0.05, 0) is 30.5 Å². The van der Waals surface area contributed by atoms with Gasteiger partial charge in [0.15, 0.2) is 0 Å². The molecule has 0 aliphatic carbocycles. The Morgan fingerprint density at radius 1 is 1.50 bits per heavy atom. The average molecular weight is 188 g/mol. The Labute approximate surface area is 85.1 Å². The molecule has 2 heterocycles. The van der Waals surface area contributed by atoms with Crippen molar-refractivity contribution < 1.29 is 0 Å². The SMILES string of the molecule is CCCc1c(C)cnc2c1NCC=C2. The van der Waals surface area contributed by atoms with Crippen molar-refractivity contribution in [2.75, 3.05) is 11.9 Å². The second-order valence-electron chi connectivity index (χ2n) is 3.71. The Kier molecular flexibility index (Phi) is 2.53. The molecule has 0 saturated heterocycles. The van der Waals surface area contributed by atoms with Gasteiger partial charge in [0.2, 0.25) is 0 Å². The van der Waals surface area contributed by atoms with Gasteiger partial charge in [-0.25, -0.2) is 0 Å². The molecule has 1 aromatic heterocycles. The first-order valence-corrected chi connectivity index (χ1v) is 5.21. The van der Waals surface area contributed by atoms with Crippen LogP contribution in [0.25, 0.3) is 6.08 Å². The molecule has 0 atom stereocenters. The molecule has 2 heteroatoms. The molecule has 2 rings (SSSR count). The molecule has 0 amide bonds. The number of pyridine rings is 1. The summed E-state index contributed by atoms with van der Waals surface area (Å²) in [6.45, 7) is 5.28. The van der Waals surface area contributed by atoms with Crippen LogP contribution in [0.1, 0.15) is 30.2 Å². The molecular weight excluding hydrogens is 172 g/mol. The Balaban J connectivity index is 2.50. The highest BCUT2D eigenvalue weighted by molar-refractivity contribution is 5.71. The van der Waals surface area contributed by atoms with E-state index in [2.05, 4.69) is 36.3 Å². The van der Waals surface area contributed by atoms with Crippen LogP contribution in [0, 0.1) is 6.92 Å². The van der Waals surface area contributed by atoms with Gasteiger partial charge in [-0.15, -0.1) is 0 Å². The van der Waals surface area contributed by atoms with Crippen LogP contribution in [-0.2, 0) is 6.42 Å². The molecule has 14 heavy (non-hydrogen) atoms. The fourth-order valence-electron chi connectivity index (χ4n) is 1.89. The van der Waals surface area contributed by atoms with Crippen LogP contribution in [0.4, 0.5) is 5.69 Å². The molecule has 2 nitrogen and oxygen atoms in total. The second kappa shape index (κ2) is 3.82. The zero-order chi connectivity index (χ0) is 9.97. The van der Waals surface area contributed by atoms with Gasteiger partial charge in [0.05, 0.1) is 11.4 Å². The average Bonchev–Trinajstić information content (AvgIpc) is 2.23. The lowest BCUT2D eigenvalue weighted by Gasteiger charge is -2.18. The first-order valence-electron chi connectivity index (χ1n) is 5.21. The van der Waals surface area contributed by atoms with Gasteiger partial charge in [0.25, 0.3) is 0 Å². The maximum absolute atomic E-state index is 4.41. The van der Waals surface area contributed by atoms with Crippen molar-refractivity contribution in [3.8, 4) is 0 Å². The van der Waals surface area contributed by atoms with E-state index >= 15 is 0 Å². The van der Waals surface area contributed by atoms with E-state index in [0.29, 0.717) is 0 Å². The first-order chi connectivity index (χ1) is 6.83. The van der Waals surface area contributed by atoms with Gasteiger partial charge in [0.1, 0.15) is 0 Å². The predicted molar refractivity (Wildman–Crippen MR) is 60.5 cm³/mol. The number of nitrogens with zero attached hydrogens (tertiary/aromatic N) is 1. The minimum atomic E-state index is 0.925. The van der Waals surface area contributed by atoms with E-state index in [-0.39, 0.29) is 0 Å². The van der Waals surface area contributed by atoms with Gasteiger partial charge in [-0.2, -0.15) is 0 Å². The smallest absolute Gasteiger partial charge is 0.0861 e. The number of rotatable bonds is 2. The number of hydrogen-bond donors (Lipinski definition) is 1. The molecule has 1 aromatic rings. The fraction of sp³-hybridized carbons (Fsp3) is 0.417. The minimum Gasteiger partial charge on any atom is -0.380 e. The topological polar surface area (TPSA) is 24.9 Å². The van der Waals surface area contributed by atoms with Crippen molar-refractivity contribution >= 4 is 11.8 Å². The molecule has 0 saturated carbocycles. The van der Waals surface area contributed by atoms with Gasteiger partial charge >= 0.3 is 0 Å². The second-order valence-corrected chi connectivity index (χ2v) is 3.71. The molecule has 1 aliphatic heterocycles. The summed E-state index contributed by atoms with van der Waals surface area (Å²) in [6.07, 6.45) is 8.51. The molecule has 0 spiro atoms. The molecular formula is C12H16N2. The molecule has 74 valence electrons. The van der Waals surface area contributed by atoms with Crippen LogP contribution < -0.4 is 5.32 Å². The summed E-state index contributed by atoms with van der Waals surface area (Å²) in [5.74, 6) is 0. The van der Waals surface area contributed by atoms with E-state index in [4.69, 9.17) is 0 Å². The van der Waals surface area contributed by atoms with Crippen LogP contribution in [0.15, 0.2) is 12.3 Å². The maximum Gasteiger partial charge on any atom is 0.0861 e. The zero-order valence-corrected chi connectivity index (χ0v) is 8.80. The number of fused-ring (bicyclic) bond motifs is 1. The zero-order valence-electron chi connectivity index (χ0n) is 8.80. The van der Waals surface area contributed by atoms with Crippen molar-refractivity contribution in [1.82, 2.24) is 4.98 Å². The van der Waals surface area contributed by atoms with Gasteiger partial charge in [-0.3, -0.25) is 4.98 Å². The van der Waals surface area contributed by atoms with Crippen molar-refractivity contribution in [3.63, 3.8) is 0 Å². The lowest BCUT2D eigenvalue weighted by atomic mass is 10.0. The van der Waals surface area contributed by atoms with Gasteiger partial charge in [0, 0.05) is 12.7 Å². The lowest BCUT2D eigenvalue weighted by molar-refractivity contribution is 0.905. The molecule has 0 fully saturated rings. The van der Waals surface area contributed by atoms with E-state index in [9.17, 15) is 0 Å². The summed E-state index contributed by atoms with van der Waals surface area (Å²) in [6, 6.07) is 0. The Morgan fingerprint density at radius 3 is 3.14 bits per heavy atom. The van der Waals surface area contributed by atoms with Crippen molar-refractivity contribution in [2.45, 2.75) is 26.7 Å². The van der Waals surface area contributed by atoms with Crippen LogP contribution in [0.3, 0.4) is 0 Å². The summed E-state index contributed by atoms with van der Waals surface area (Å²) < 4.78 is 0. The van der Waals surface area contributed by atoms with E-state index in [1.54, 1.807) is 0 Å². The Bertz CT molecular complexity index is 367. The van der Waals surface area contributed by atoms with Crippen molar-refractivity contribution in [3.05, 3.63) is 29.1 Å². The van der Waals surface area contributed by atoms with Crippen molar-refractivity contribution in [2.24, 2.45) is 0 Å². The van der Waals surface area contributed by atoms with Crippen LogP contribution in [-0.4, -0.2) is 11.5 Å². The first kappa shape index (κ1) is 9.25. The van der Waals surface area contributed by atoms with Crippen LogP contribution >= 0.6 is 0 Å². The van der Waals surface area contributed by atoms with Crippen LogP contribution in [0.2, 0.25) is 0 Å². The third kappa shape index (κ3) is 1.52. The molecule has 0 aromatic carbocycles. The molecule has 1 N–H and O–H groups in total. The summed E-state index contributed by atoms with van der Waals surface area (Å²) in [5, 5.41) is 3.41. The molecule has 0 radical (unpaired) electrons. The summed E-state index contributed by atoms with van der Waals surface area (Å²) >= 11 is 0. The fourth-order valence-corrected chi connectivity index (χ4v) is 1.89.